The number of hydrogen-bond acceptors (Lipinski definition) is 3. The summed E-state index contributed by atoms with van der Waals surface area (Å²) in [5, 5.41) is 0. The Kier molecular flexibility index (Phi) is 2.44. The molecular weight excluding hydrogens is 176 g/mol. The Hall–Kier alpha value is -1.84. The number of imidazole rings is 1. The van der Waals surface area contributed by atoms with Gasteiger partial charge in [0.2, 0.25) is 0 Å². The van der Waals surface area contributed by atoms with Gasteiger partial charge in [-0.3, -0.25) is 4.98 Å². The van der Waals surface area contributed by atoms with E-state index in [1.54, 1.807) is 12.4 Å². The summed E-state index contributed by atoms with van der Waals surface area (Å²) in [5.41, 5.74) is 6.71. The zero-order valence-electron chi connectivity index (χ0n) is 7.80. The Balaban J connectivity index is 1.99. The summed E-state index contributed by atoms with van der Waals surface area (Å²) in [6.07, 6.45) is 6.25. The monoisotopic (exact) mass is 188 g/mol. The molecular formula is C10H12N4. The van der Waals surface area contributed by atoms with Gasteiger partial charge in [-0.15, -0.1) is 0 Å². The predicted molar refractivity (Wildman–Crippen MR) is 54.6 cm³/mol. The van der Waals surface area contributed by atoms with Gasteiger partial charge in [0.05, 0.1) is 0 Å². The third kappa shape index (κ3) is 1.90. The van der Waals surface area contributed by atoms with Crippen molar-refractivity contribution in [2.75, 3.05) is 5.73 Å². The normalized spacial score (nSPS) is 10.3. The lowest BCUT2D eigenvalue weighted by Crippen LogP contribution is -2.05. The van der Waals surface area contributed by atoms with Crippen LogP contribution < -0.4 is 5.73 Å². The Morgan fingerprint density at radius 2 is 2.14 bits per heavy atom. The molecule has 0 spiro atoms. The molecule has 4 nitrogen and oxygen atoms in total. The van der Waals surface area contributed by atoms with Gasteiger partial charge >= 0.3 is 0 Å². The molecule has 72 valence electrons. The molecule has 0 saturated carbocycles. The highest BCUT2D eigenvalue weighted by Crippen LogP contribution is 2.02. The number of aromatic nitrogens is 3. The van der Waals surface area contributed by atoms with Crippen molar-refractivity contribution in [1.29, 1.82) is 0 Å². The second-order valence-electron chi connectivity index (χ2n) is 3.05. The molecule has 2 aromatic rings. The number of nitrogen functional groups attached to an aromatic ring is 1. The highest BCUT2D eigenvalue weighted by molar-refractivity contribution is 5.16. The van der Waals surface area contributed by atoms with Gasteiger partial charge in [-0.25, -0.2) is 4.98 Å². The molecule has 0 bridgehead atoms. The molecule has 2 N–H and O–H groups in total. The van der Waals surface area contributed by atoms with Crippen molar-refractivity contribution < 1.29 is 0 Å². The van der Waals surface area contributed by atoms with Gasteiger partial charge in [-0.05, 0) is 12.1 Å². The van der Waals surface area contributed by atoms with Crippen molar-refractivity contribution in [2.45, 2.75) is 13.0 Å². The summed E-state index contributed by atoms with van der Waals surface area (Å²) in [5.74, 6) is 0.556. The average Bonchev–Trinajstić information content (AvgIpc) is 2.63. The molecule has 2 heterocycles. The lowest BCUT2D eigenvalue weighted by atomic mass is 10.3. The Bertz CT molecular complexity index is 394. The van der Waals surface area contributed by atoms with Crippen molar-refractivity contribution in [2.24, 2.45) is 0 Å². The fourth-order valence-corrected chi connectivity index (χ4v) is 1.31. The van der Waals surface area contributed by atoms with Crippen LogP contribution in [0.5, 0.6) is 0 Å². The second-order valence-corrected chi connectivity index (χ2v) is 3.05. The molecule has 0 saturated heterocycles. The van der Waals surface area contributed by atoms with E-state index in [-0.39, 0.29) is 0 Å². The summed E-state index contributed by atoms with van der Waals surface area (Å²) >= 11 is 0. The number of hydrogen-bond donors (Lipinski definition) is 1. The van der Waals surface area contributed by atoms with Crippen LogP contribution in [0, 0.1) is 0 Å². The smallest absolute Gasteiger partial charge is 0.200 e. The van der Waals surface area contributed by atoms with Crippen molar-refractivity contribution in [3.63, 3.8) is 0 Å². The van der Waals surface area contributed by atoms with Crippen LogP contribution in [0.25, 0.3) is 0 Å². The molecule has 0 amide bonds. The first-order valence-electron chi connectivity index (χ1n) is 4.53. The molecule has 0 aliphatic heterocycles. The number of nitrogens with zero attached hydrogens (tertiary/aromatic N) is 3. The van der Waals surface area contributed by atoms with E-state index in [9.17, 15) is 0 Å². The molecule has 0 unspecified atom stereocenters. The van der Waals surface area contributed by atoms with E-state index >= 15 is 0 Å². The lowest BCUT2D eigenvalue weighted by molar-refractivity contribution is 0.694. The maximum absolute atomic E-state index is 5.64. The largest absolute Gasteiger partial charge is 0.369 e. The van der Waals surface area contributed by atoms with E-state index in [1.807, 2.05) is 29.0 Å². The van der Waals surface area contributed by atoms with Gasteiger partial charge in [0.1, 0.15) is 0 Å². The van der Waals surface area contributed by atoms with E-state index in [0.717, 1.165) is 18.7 Å². The zero-order valence-corrected chi connectivity index (χ0v) is 7.80. The molecule has 0 radical (unpaired) electrons. The Morgan fingerprint density at radius 1 is 1.21 bits per heavy atom. The molecule has 0 aliphatic carbocycles. The number of aryl methyl sites for hydroxylation is 2. The standard InChI is InChI=1S/C10H12N4/c11-10-13-6-8-14(10)7-4-9-3-1-2-5-12-9/h1-3,5-6,8H,4,7H2,(H2,11,13). The van der Waals surface area contributed by atoms with Crippen molar-refractivity contribution >= 4 is 5.95 Å². The van der Waals surface area contributed by atoms with E-state index in [2.05, 4.69) is 9.97 Å². The van der Waals surface area contributed by atoms with Crippen molar-refractivity contribution in [1.82, 2.24) is 14.5 Å². The molecule has 2 rings (SSSR count). The number of pyridine rings is 1. The predicted octanol–water partition coefficient (Wildman–Crippen LogP) is 1.10. The summed E-state index contributed by atoms with van der Waals surface area (Å²) < 4.78 is 1.91. The topological polar surface area (TPSA) is 56.7 Å². The first kappa shape index (κ1) is 8.74. The third-order valence-corrected chi connectivity index (χ3v) is 2.08. The lowest BCUT2D eigenvalue weighted by Gasteiger charge is -2.03. The first-order valence-corrected chi connectivity index (χ1v) is 4.53. The molecule has 14 heavy (non-hydrogen) atoms. The van der Waals surface area contributed by atoms with Gasteiger partial charge in [-0.1, -0.05) is 6.07 Å². The highest BCUT2D eigenvalue weighted by atomic mass is 15.1. The van der Waals surface area contributed by atoms with E-state index in [1.165, 1.54) is 0 Å². The van der Waals surface area contributed by atoms with Crippen LogP contribution in [0.1, 0.15) is 5.69 Å². The summed E-state index contributed by atoms with van der Waals surface area (Å²) in [4.78, 5) is 8.18. The minimum atomic E-state index is 0.556. The van der Waals surface area contributed by atoms with Crippen LogP contribution in [0.3, 0.4) is 0 Å². The number of rotatable bonds is 3. The summed E-state index contributed by atoms with van der Waals surface area (Å²) in [6.45, 7) is 0.822. The summed E-state index contributed by atoms with van der Waals surface area (Å²) in [7, 11) is 0. The van der Waals surface area contributed by atoms with E-state index in [4.69, 9.17) is 5.73 Å². The van der Waals surface area contributed by atoms with Crippen LogP contribution in [-0.2, 0) is 13.0 Å². The maximum Gasteiger partial charge on any atom is 0.200 e. The van der Waals surface area contributed by atoms with Gasteiger partial charge in [0, 0.05) is 37.3 Å². The molecule has 2 aromatic heterocycles. The van der Waals surface area contributed by atoms with Crippen molar-refractivity contribution in [3.8, 4) is 0 Å². The molecule has 0 fully saturated rings. The maximum atomic E-state index is 5.64. The van der Waals surface area contributed by atoms with Crippen LogP contribution in [0.2, 0.25) is 0 Å². The van der Waals surface area contributed by atoms with Crippen molar-refractivity contribution in [3.05, 3.63) is 42.5 Å². The number of anilines is 1. The quantitative estimate of drug-likeness (QED) is 0.784. The third-order valence-electron chi connectivity index (χ3n) is 2.08. The Morgan fingerprint density at radius 3 is 2.79 bits per heavy atom. The molecule has 0 aromatic carbocycles. The van der Waals surface area contributed by atoms with E-state index < -0.39 is 0 Å². The Labute approximate surface area is 82.4 Å². The second kappa shape index (κ2) is 3.91. The molecule has 0 aliphatic rings. The van der Waals surface area contributed by atoms with Crippen LogP contribution in [0.4, 0.5) is 5.95 Å². The van der Waals surface area contributed by atoms with Crippen LogP contribution >= 0.6 is 0 Å². The van der Waals surface area contributed by atoms with Crippen LogP contribution in [-0.4, -0.2) is 14.5 Å². The minimum Gasteiger partial charge on any atom is -0.369 e. The average molecular weight is 188 g/mol. The number of nitrogens with two attached hydrogens (primary N) is 1. The summed E-state index contributed by atoms with van der Waals surface area (Å²) in [6, 6.07) is 5.90. The first-order chi connectivity index (χ1) is 6.86. The zero-order chi connectivity index (χ0) is 9.80. The molecule has 4 heteroatoms. The fourth-order valence-electron chi connectivity index (χ4n) is 1.31. The highest BCUT2D eigenvalue weighted by Gasteiger charge is 1.98. The van der Waals surface area contributed by atoms with Gasteiger partial charge in [0.15, 0.2) is 5.95 Å². The molecule has 0 atom stereocenters. The fraction of sp³-hybridized carbons (Fsp3) is 0.200. The van der Waals surface area contributed by atoms with Crippen LogP contribution in [0.15, 0.2) is 36.8 Å². The van der Waals surface area contributed by atoms with Gasteiger partial charge in [-0.2, -0.15) is 0 Å². The minimum absolute atomic E-state index is 0.556. The van der Waals surface area contributed by atoms with E-state index in [0.29, 0.717) is 5.95 Å². The van der Waals surface area contributed by atoms with Gasteiger partial charge < -0.3 is 10.3 Å². The van der Waals surface area contributed by atoms with Gasteiger partial charge in [0.25, 0.3) is 0 Å². The SMILES string of the molecule is Nc1nccn1CCc1ccccn1.